The Kier molecular flexibility index (Phi) is 7.14. The third-order valence-corrected chi connectivity index (χ3v) is 5.14. The fourth-order valence-electron chi connectivity index (χ4n) is 3.88. The zero-order valence-corrected chi connectivity index (χ0v) is 17.0. The molecular weight excluding hydrogens is 399 g/mol. The van der Waals surface area contributed by atoms with Crippen LogP contribution in [0.2, 0.25) is 0 Å². The van der Waals surface area contributed by atoms with E-state index in [9.17, 15) is 18.0 Å². The Labute approximate surface area is 173 Å². The molecule has 6 nitrogen and oxygen atoms in total. The molecule has 3 rings (SSSR count). The number of esters is 1. The smallest absolute Gasteiger partial charge is 0.418 e. The van der Waals surface area contributed by atoms with Crippen molar-refractivity contribution in [3.8, 4) is 0 Å². The Bertz CT molecular complexity index is 875. The second kappa shape index (κ2) is 9.61. The number of carbonyl (C=O) groups is 1. The standard InChI is InChI=1S/C21H26F3N3O3/c1-14-10-15(26-11-19(28)30-9-8-29-2)13-27(12-14)18-6-5-17(21(22,23)24)20-16(18)4-3-7-25-20/h3-7,14-15,26H,8-13H2,1-2H3/t14-,15+/m0/s1. The van der Waals surface area contributed by atoms with E-state index in [1.165, 1.54) is 19.4 Å². The van der Waals surface area contributed by atoms with Gasteiger partial charge in [-0.15, -0.1) is 0 Å². The third kappa shape index (κ3) is 5.40. The second-order valence-corrected chi connectivity index (χ2v) is 7.57. The van der Waals surface area contributed by atoms with Gasteiger partial charge in [0.05, 0.1) is 24.2 Å². The van der Waals surface area contributed by atoms with E-state index in [2.05, 4.69) is 22.1 Å². The molecule has 2 aromatic rings. The van der Waals surface area contributed by atoms with Crippen LogP contribution in [0, 0.1) is 5.92 Å². The first-order valence-electron chi connectivity index (χ1n) is 9.87. The van der Waals surface area contributed by atoms with Gasteiger partial charge in [-0.25, -0.2) is 0 Å². The Morgan fingerprint density at radius 2 is 2.07 bits per heavy atom. The van der Waals surface area contributed by atoms with Crippen LogP contribution in [-0.4, -0.2) is 57.0 Å². The summed E-state index contributed by atoms with van der Waals surface area (Å²) in [7, 11) is 1.53. The van der Waals surface area contributed by atoms with Crippen molar-refractivity contribution >= 4 is 22.6 Å². The lowest BCUT2D eigenvalue weighted by atomic mass is 9.94. The molecule has 1 aliphatic rings. The summed E-state index contributed by atoms with van der Waals surface area (Å²) in [5.41, 5.74) is -0.0699. The summed E-state index contributed by atoms with van der Waals surface area (Å²) < 4.78 is 50.1. The van der Waals surface area contributed by atoms with E-state index in [4.69, 9.17) is 9.47 Å². The van der Waals surface area contributed by atoms with Gasteiger partial charge in [0.15, 0.2) is 0 Å². The van der Waals surface area contributed by atoms with Crippen LogP contribution < -0.4 is 10.2 Å². The fourth-order valence-corrected chi connectivity index (χ4v) is 3.88. The molecule has 0 spiro atoms. The number of pyridine rings is 1. The van der Waals surface area contributed by atoms with E-state index in [0.29, 0.717) is 36.7 Å². The molecule has 9 heteroatoms. The molecule has 0 saturated carbocycles. The number of alkyl halides is 3. The average Bonchev–Trinajstić information content (AvgIpc) is 2.70. The van der Waals surface area contributed by atoms with Crippen molar-refractivity contribution in [1.82, 2.24) is 10.3 Å². The van der Waals surface area contributed by atoms with Crippen molar-refractivity contribution < 1.29 is 27.4 Å². The summed E-state index contributed by atoms with van der Waals surface area (Å²) in [5, 5.41) is 3.68. The van der Waals surface area contributed by atoms with Gasteiger partial charge >= 0.3 is 12.1 Å². The van der Waals surface area contributed by atoms with E-state index in [-0.39, 0.29) is 30.7 Å². The van der Waals surface area contributed by atoms with E-state index in [0.717, 1.165) is 12.5 Å². The lowest BCUT2D eigenvalue weighted by molar-refractivity contribution is -0.144. The maximum absolute atomic E-state index is 13.4. The van der Waals surface area contributed by atoms with Gasteiger partial charge in [-0.2, -0.15) is 13.2 Å². The highest BCUT2D eigenvalue weighted by Crippen LogP contribution is 2.38. The van der Waals surface area contributed by atoms with Gasteiger partial charge in [0.25, 0.3) is 0 Å². The van der Waals surface area contributed by atoms with Gasteiger partial charge < -0.3 is 19.7 Å². The molecule has 0 unspecified atom stereocenters. The number of hydrogen-bond donors (Lipinski definition) is 1. The van der Waals surface area contributed by atoms with Gasteiger partial charge in [0.1, 0.15) is 6.61 Å². The summed E-state index contributed by atoms with van der Waals surface area (Å²) >= 11 is 0. The number of methoxy groups -OCH3 is 1. The molecule has 164 valence electrons. The van der Waals surface area contributed by atoms with Crippen molar-refractivity contribution in [1.29, 1.82) is 0 Å². The fraction of sp³-hybridized carbons (Fsp3) is 0.524. The zero-order valence-electron chi connectivity index (χ0n) is 17.0. The molecule has 0 aliphatic carbocycles. The first-order valence-corrected chi connectivity index (χ1v) is 9.87. The number of ether oxygens (including phenoxy) is 2. The molecule has 1 fully saturated rings. The maximum atomic E-state index is 13.4. The highest BCUT2D eigenvalue weighted by Gasteiger charge is 2.34. The Balaban J connectivity index is 1.76. The lowest BCUT2D eigenvalue weighted by Gasteiger charge is -2.39. The number of nitrogens with zero attached hydrogens (tertiary/aromatic N) is 2. The Hall–Kier alpha value is -2.39. The van der Waals surface area contributed by atoms with Crippen LogP contribution in [0.25, 0.3) is 10.9 Å². The predicted molar refractivity (Wildman–Crippen MR) is 107 cm³/mol. The molecule has 1 aliphatic heterocycles. The minimum atomic E-state index is -4.46. The Morgan fingerprint density at radius 3 is 2.80 bits per heavy atom. The molecule has 1 aromatic carbocycles. The minimum absolute atomic E-state index is 0.0118. The van der Waals surface area contributed by atoms with Gasteiger partial charge in [0.2, 0.25) is 0 Å². The van der Waals surface area contributed by atoms with Crippen molar-refractivity contribution in [3.63, 3.8) is 0 Å². The highest BCUT2D eigenvalue weighted by molar-refractivity contribution is 5.94. The van der Waals surface area contributed by atoms with Gasteiger partial charge in [0, 0.05) is 43.5 Å². The zero-order chi connectivity index (χ0) is 21.7. The molecule has 1 N–H and O–H groups in total. The topological polar surface area (TPSA) is 63.7 Å². The molecule has 2 atom stereocenters. The number of carbonyl (C=O) groups excluding carboxylic acids is 1. The first-order chi connectivity index (χ1) is 14.3. The summed E-state index contributed by atoms with van der Waals surface area (Å²) in [6, 6.07) is 5.94. The van der Waals surface area contributed by atoms with Crippen LogP contribution in [0.1, 0.15) is 18.9 Å². The number of fused-ring (bicyclic) bond motifs is 1. The van der Waals surface area contributed by atoms with E-state index in [1.54, 1.807) is 12.1 Å². The van der Waals surface area contributed by atoms with Gasteiger partial charge in [-0.1, -0.05) is 6.92 Å². The highest BCUT2D eigenvalue weighted by atomic mass is 19.4. The molecule has 1 aromatic heterocycles. The van der Waals surface area contributed by atoms with E-state index < -0.39 is 11.7 Å². The predicted octanol–water partition coefficient (Wildman–Crippen LogP) is 3.25. The van der Waals surface area contributed by atoms with Crippen LogP contribution in [-0.2, 0) is 20.4 Å². The maximum Gasteiger partial charge on any atom is 0.418 e. The molecule has 0 radical (unpaired) electrons. The normalized spacial score (nSPS) is 19.8. The number of hydrogen-bond acceptors (Lipinski definition) is 6. The number of aromatic nitrogens is 1. The summed E-state index contributed by atoms with van der Waals surface area (Å²) in [4.78, 5) is 17.9. The van der Waals surface area contributed by atoms with Crippen LogP contribution >= 0.6 is 0 Å². The van der Waals surface area contributed by atoms with E-state index in [1.807, 2.05) is 0 Å². The van der Waals surface area contributed by atoms with Crippen LogP contribution in [0.5, 0.6) is 0 Å². The molecular formula is C21H26F3N3O3. The average molecular weight is 425 g/mol. The summed E-state index contributed by atoms with van der Waals surface area (Å²) in [6.07, 6.45) is -2.23. The molecule has 1 saturated heterocycles. The number of benzene rings is 1. The summed E-state index contributed by atoms with van der Waals surface area (Å²) in [5.74, 6) is -0.0595. The summed E-state index contributed by atoms with van der Waals surface area (Å²) in [6.45, 7) is 3.99. The SMILES string of the molecule is COCCOC(=O)CN[C@@H]1C[C@H](C)CN(c2ccc(C(F)(F)F)c3ncccc23)C1. The quantitative estimate of drug-likeness (QED) is 0.543. The number of rotatable bonds is 7. The van der Waals surface area contributed by atoms with Crippen LogP contribution in [0.4, 0.5) is 18.9 Å². The van der Waals surface area contributed by atoms with Crippen molar-refractivity contribution in [2.24, 2.45) is 5.92 Å². The minimum Gasteiger partial charge on any atom is -0.462 e. The first kappa shape index (κ1) is 22.3. The largest absolute Gasteiger partial charge is 0.462 e. The Morgan fingerprint density at radius 1 is 1.27 bits per heavy atom. The number of nitrogens with one attached hydrogen (secondary N) is 1. The molecule has 0 amide bonds. The van der Waals surface area contributed by atoms with Crippen molar-refractivity contribution in [3.05, 3.63) is 36.0 Å². The second-order valence-electron chi connectivity index (χ2n) is 7.57. The number of piperidine rings is 1. The monoisotopic (exact) mass is 425 g/mol. The van der Waals surface area contributed by atoms with Crippen LogP contribution in [0.3, 0.4) is 0 Å². The molecule has 0 bridgehead atoms. The van der Waals surface area contributed by atoms with Crippen molar-refractivity contribution in [2.45, 2.75) is 25.6 Å². The number of halogens is 3. The third-order valence-electron chi connectivity index (χ3n) is 5.14. The molecule has 2 heterocycles. The van der Waals surface area contributed by atoms with Gasteiger partial charge in [-0.3, -0.25) is 9.78 Å². The molecule has 30 heavy (non-hydrogen) atoms. The van der Waals surface area contributed by atoms with Crippen molar-refractivity contribution in [2.75, 3.05) is 44.9 Å². The number of anilines is 1. The van der Waals surface area contributed by atoms with E-state index >= 15 is 0 Å². The van der Waals surface area contributed by atoms with Gasteiger partial charge in [-0.05, 0) is 36.6 Å². The lowest BCUT2D eigenvalue weighted by Crippen LogP contribution is -2.50. The van der Waals surface area contributed by atoms with Crippen LogP contribution in [0.15, 0.2) is 30.5 Å².